The van der Waals surface area contributed by atoms with Gasteiger partial charge in [-0.05, 0) is 73.2 Å². The molecule has 0 spiro atoms. The number of rotatable bonds is 6. The number of aryl methyl sites for hydroxylation is 3. The Morgan fingerprint density at radius 1 is 1.09 bits per heavy atom. The van der Waals surface area contributed by atoms with Gasteiger partial charge in [-0.1, -0.05) is 12.1 Å². The molecule has 1 saturated heterocycles. The van der Waals surface area contributed by atoms with Crippen LogP contribution in [0.2, 0.25) is 0 Å². The summed E-state index contributed by atoms with van der Waals surface area (Å²) in [6, 6.07) is 7.30. The molecule has 0 bridgehead atoms. The van der Waals surface area contributed by atoms with E-state index in [2.05, 4.69) is 4.98 Å². The van der Waals surface area contributed by atoms with Crippen LogP contribution in [0.1, 0.15) is 35.3 Å². The number of hydrogen-bond acceptors (Lipinski definition) is 7. The number of ether oxygens (including phenoxy) is 1. The molecule has 0 unspecified atom stereocenters. The molecule has 0 radical (unpaired) electrons. The fraction of sp³-hybridized carbons (Fsp3) is 0.333. The third-order valence-electron chi connectivity index (χ3n) is 6.01. The first-order valence-electron chi connectivity index (χ1n) is 10.9. The predicted molar refractivity (Wildman–Crippen MR) is 131 cm³/mol. The van der Waals surface area contributed by atoms with Crippen molar-refractivity contribution in [1.29, 1.82) is 0 Å². The summed E-state index contributed by atoms with van der Waals surface area (Å²) in [5.41, 5.74) is 1.97. The average Bonchev–Trinajstić information content (AvgIpc) is 3.33. The Morgan fingerprint density at radius 2 is 1.88 bits per heavy atom. The van der Waals surface area contributed by atoms with Crippen LogP contribution in [-0.4, -0.2) is 39.3 Å². The quantitative estimate of drug-likeness (QED) is 0.483. The molecule has 2 amide bonds. The van der Waals surface area contributed by atoms with Gasteiger partial charge in [0.1, 0.15) is 10.6 Å². The van der Waals surface area contributed by atoms with Crippen molar-refractivity contribution in [3.8, 4) is 5.75 Å². The number of methoxy groups -OCH3 is 1. The number of carbonyl (C=O) groups excluding carboxylic acids is 2. The van der Waals surface area contributed by atoms with Crippen LogP contribution in [0, 0.1) is 0 Å². The lowest BCUT2D eigenvalue weighted by Gasteiger charge is -2.13. The van der Waals surface area contributed by atoms with Gasteiger partial charge in [-0.2, -0.15) is 0 Å². The smallest absolute Gasteiger partial charge is 0.293 e. The van der Waals surface area contributed by atoms with Gasteiger partial charge in [0.2, 0.25) is 0 Å². The highest BCUT2D eigenvalue weighted by Gasteiger charge is 2.34. The lowest BCUT2D eigenvalue weighted by molar-refractivity contribution is -0.122. The van der Waals surface area contributed by atoms with E-state index in [1.165, 1.54) is 21.8 Å². The number of fused-ring (bicyclic) bond motifs is 3. The minimum Gasteiger partial charge on any atom is -0.497 e. The molecule has 0 saturated carbocycles. The molecule has 33 heavy (non-hydrogen) atoms. The van der Waals surface area contributed by atoms with Crippen LogP contribution in [0.25, 0.3) is 16.3 Å². The van der Waals surface area contributed by atoms with Crippen molar-refractivity contribution in [3.63, 3.8) is 0 Å². The largest absolute Gasteiger partial charge is 0.497 e. The van der Waals surface area contributed by atoms with E-state index in [4.69, 9.17) is 4.74 Å². The summed E-state index contributed by atoms with van der Waals surface area (Å²) in [4.78, 5) is 46.5. The third-order valence-corrected chi connectivity index (χ3v) is 8.12. The zero-order valence-corrected chi connectivity index (χ0v) is 19.8. The maximum Gasteiger partial charge on any atom is 0.293 e. The van der Waals surface area contributed by atoms with Crippen molar-refractivity contribution in [2.24, 2.45) is 0 Å². The molecular formula is C24H23N3O4S2. The van der Waals surface area contributed by atoms with Crippen molar-refractivity contribution >= 4 is 50.5 Å². The molecule has 170 valence electrons. The Hall–Kier alpha value is -2.91. The van der Waals surface area contributed by atoms with Gasteiger partial charge < -0.3 is 4.74 Å². The molecule has 9 heteroatoms. The number of benzene rings is 1. The second-order valence-corrected chi connectivity index (χ2v) is 10.2. The minimum absolute atomic E-state index is 0.0204. The molecule has 1 fully saturated rings. The Labute approximate surface area is 199 Å². The van der Waals surface area contributed by atoms with E-state index in [9.17, 15) is 14.4 Å². The Balaban J connectivity index is 1.27. The van der Waals surface area contributed by atoms with Gasteiger partial charge in [0.25, 0.3) is 16.7 Å². The van der Waals surface area contributed by atoms with Crippen molar-refractivity contribution in [1.82, 2.24) is 14.5 Å². The third kappa shape index (κ3) is 4.22. The van der Waals surface area contributed by atoms with Gasteiger partial charge in [-0.25, -0.2) is 4.98 Å². The number of thioether (sulfide) groups is 1. The maximum atomic E-state index is 13.1. The monoisotopic (exact) mass is 481 g/mol. The fourth-order valence-electron chi connectivity index (χ4n) is 4.28. The first-order chi connectivity index (χ1) is 16.0. The van der Waals surface area contributed by atoms with E-state index < -0.39 is 0 Å². The number of thiophene rings is 1. The Kier molecular flexibility index (Phi) is 6.07. The molecule has 0 N–H and O–H groups in total. The molecule has 3 aromatic rings. The zero-order valence-electron chi connectivity index (χ0n) is 18.2. The second-order valence-electron chi connectivity index (χ2n) is 8.09. The summed E-state index contributed by atoms with van der Waals surface area (Å²) in [5, 5.41) is 0.471. The summed E-state index contributed by atoms with van der Waals surface area (Å²) in [7, 11) is 1.59. The molecule has 1 aliphatic heterocycles. The standard InChI is InChI=1S/C24H23N3O4S2/c1-31-16-9-7-15(8-10-16)13-19-22(28)27(24(30)33-19)12-4-11-26-14-25-21-20(23(26)29)17-5-2-3-6-18(17)32-21/h7-10,13-14H,2-6,11-12H2,1H3/b19-13+. The minimum atomic E-state index is -0.298. The second kappa shape index (κ2) is 9.15. The van der Waals surface area contributed by atoms with E-state index in [0.717, 1.165) is 52.6 Å². The van der Waals surface area contributed by atoms with E-state index in [1.807, 2.05) is 24.3 Å². The van der Waals surface area contributed by atoms with Gasteiger partial charge >= 0.3 is 0 Å². The first kappa shape index (κ1) is 21.9. The summed E-state index contributed by atoms with van der Waals surface area (Å²) in [6.07, 6.45) is 8.03. The van der Waals surface area contributed by atoms with Crippen molar-refractivity contribution in [2.75, 3.05) is 13.7 Å². The topological polar surface area (TPSA) is 81.5 Å². The molecule has 0 atom stereocenters. The lowest BCUT2D eigenvalue weighted by Crippen LogP contribution is -2.31. The predicted octanol–water partition coefficient (Wildman–Crippen LogP) is 4.47. The average molecular weight is 482 g/mol. The van der Waals surface area contributed by atoms with Gasteiger partial charge in [0.15, 0.2) is 0 Å². The van der Waals surface area contributed by atoms with Crippen LogP contribution in [-0.2, 0) is 24.2 Å². The van der Waals surface area contributed by atoms with Crippen LogP contribution in [0.5, 0.6) is 5.75 Å². The SMILES string of the molecule is COc1ccc(/C=C2/SC(=O)N(CCCn3cnc4sc5c(c4c3=O)CCCC5)C2=O)cc1. The summed E-state index contributed by atoms with van der Waals surface area (Å²) in [5.74, 6) is 0.430. The van der Waals surface area contributed by atoms with E-state index >= 15 is 0 Å². The van der Waals surface area contributed by atoms with E-state index in [1.54, 1.807) is 35.4 Å². The molecule has 7 nitrogen and oxygen atoms in total. The number of aromatic nitrogens is 2. The molecule has 3 heterocycles. The zero-order chi connectivity index (χ0) is 22.9. The molecule has 2 aromatic heterocycles. The van der Waals surface area contributed by atoms with Crippen molar-refractivity contribution < 1.29 is 14.3 Å². The molecule has 5 rings (SSSR count). The molecule has 1 aromatic carbocycles. The van der Waals surface area contributed by atoms with Crippen LogP contribution >= 0.6 is 23.1 Å². The van der Waals surface area contributed by atoms with Gasteiger partial charge in [0.05, 0.1) is 23.7 Å². The van der Waals surface area contributed by atoms with Crippen LogP contribution < -0.4 is 10.3 Å². The van der Waals surface area contributed by atoms with Crippen LogP contribution in [0.4, 0.5) is 4.79 Å². The number of carbonyl (C=O) groups is 2. The Morgan fingerprint density at radius 3 is 2.67 bits per heavy atom. The van der Waals surface area contributed by atoms with E-state index in [0.29, 0.717) is 17.9 Å². The normalized spacial score (nSPS) is 17.2. The Bertz CT molecular complexity index is 1320. The van der Waals surface area contributed by atoms with Crippen LogP contribution in [0.15, 0.2) is 40.3 Å². The van der Waals surface area contributed by atoms with Gasteiger partial charge in [-0.3, -0.25) is 23.9 Å². The van der Waals surface area contributed by atoms with Crippen molar-refractivity contribution in [2.45, 2.75) is 38.6 Å². The molecular weight excluding hydrogens is 458 g/mol. The van der Waals surface area contributed by atoms with E-state index in [-0.39, 0.29) is 23.3 Å². The first-order valence-corrected chi connectivity index (χ1v) is 12.6. The number of hydrogen-bond donors (Lipinski definition) is 0. The molecule has 2 aliphatic rings. The van der Waals surface area contributed by atoms with Crippen LogP contribution in [0.3, 0.4) is 0 Å². The highest BCUT2D eigenvalue weighted by molar-refractivity contribution is 8.18. The number of amides is 2. The maximum absolute atomic E-state index is 13.1. The van der Waals surface area contributed by atoms with Gasteiger partial charge in [0, 0.05) is 18.0 Å². The molecule has 1 aliphatic carbocycles. The fourth-order valence-corrected chi connectivity index (χ4v) is 6.37. The highest BCUT2D eigenvalue weighted by Crippen LogP contribution is 2.34. The lowest BCUT2D eigenvalue weighted by atomic mass is 9.97. The summed E-state index contributed by atoms with van der Waals surface area (Å²) < 4.78 is 6.75. The van der Waals surface area contributed by atoms with Crippen molar-refractivity contribution in [3.05, 3.63) is 61.9 Å². The highest BCUT2D eigenvalue weighted by atomic mass is 32.2. The summed E-state index contributed by atoms with van der Waals surface area (Å²) >= 11 is 2.57. The van der Waals surface area contributed by atoms with Gasteiger partial charge in [-0.15, -0.1) is 11.3 Å². The number of imide groups is 1. The summed E-state index contributed by atoms with van der Waals surface area (Å²) in [6.45, 7) is 0.669. The number of nitrogens with zero attached hydrogens (tertiary/aromatic N) is 3.